The Morgan fingerprint density at radius 1 is 1.14 bits per heavy atom. The summed E-state index contributed by atoms with van der Waals surface area (Å²) < 4.78 is 30.5. The first-order valence-corrected chi connectivity index (χ1v) is 19.4. The highest BCUT2D eigenvalue weighted by Gasteiger charge is 2.44. The highest BCUT2D eigenvalue weighted by Crippen LogP contribution is 2.46. The number of nitrogens with one attached hydrogen (secondary N) is 1. The van der Waals surface area contributed by atoms with Gasteiger partial charge in [-0.3, -0.25) is 14.2 Å². The van der Waals surface area contributed by atoms with Gasteiger partial charge in [-0.25, -0.2) is 14.2 Å². The summed E-state index contributed by atoms with van der Waals surface area (Å²) in [6.45, 7) is 6.15. The van der Waals surface area contributed by atoms with Crippen molar-refractivity contribution in [3.05, 3.63) is 83.3 Å². The van der Waals surface area contributed by atoms with E-state index in [1.165, 1.54) is 23.0 Å². The van der Waals surface area contributed by atoms with Crippen LogP contribution in [0, 0.1) is 24.7 Å². The lowest BCUT2D eigenvalue weighted by atomic mass is 9.68. The van der Waals surface area contributed by atoms with Gasteiger partial charge in [0.25, 0.3) is 5.91 Å². The largest absolute Gasteiger partial charge is 0.490 e. The number of ether oxygens (including phenoxy) is 1. The maximum absolute atomic E-state index is 14.7. The molecule has 0 saturated heterocycles. The predicted octanol–water partition coefficient (Wildman–Crippen LogP) is 5.76. The highest BCUT2D eigenvalue weighted by molar-refractivity contribution is 7.95. The second-order valence-corrected chi connectivity index (χ2v) is 17.0. The summed E-state index contributed by atoms with van der Waals surface area (Å²) in [5, 5.41) is 16.3. The number of aliphatic hydroxyl groups excluding tert-OH is 1. The molecule has 4 aliphatic rings. The fourth-order valence-electron chi connectivity index (χ4n) is 8.48. The van der Waals surface area contributed by atoms with Crippen LogP contribution in [0.1, 0.15) is 66.1 Å². The van der Waals surface area contributed by atoms with Crippen LogP contribution in [0.4, 0.5) is 11.5 Å². The molecule has 6 atom stereocenters. The van der Waals surface area contributed by atoms with Crippen molar-refractivity contribution in [1.82, 2.24) is 19.7 Å². The van der Waals surface area contributed by atoms with Crippen molar-refractivity contribution in [2.24, 2.45) is 29.2 Å². The molecule has 2 aromatic heterocycles. The van der Waals surface area contributed by atoms with E-state index in [1.54, 1.807) is 24.0 Å². The van der Waals surface area contributed by atoms with Crippen LogP contribution in [0.3, 0.4) is 0 Å². The zero-order valence-electron chi connectivity index (χ0n) is 28.9. The first-order valence-electron chi connectivity index (χ1n) is 17.8. The second kappa shape index (κ2) is 12.8. The van der Waals surface area contributed by atoms with Crippen LogP contribution in [-0.4, -0.2) is 66.5 Å². The highest BCUT2D eigenvalue weighted by atomic mass is 32.2. The lowest BCUT2D eigenvalue weighted by Gasteiger charge is -2.45. The van der Waals surface area contributed by atoms with Crippen molar-refractivity contribution in [3.63, 3.8) is 0 Å². The number of nitrogens with zero attached hydrogens (tertiary/aromatic N) is 6. The number of aryl methyl sites for hydroxylation is 3. The normalized spacial score (nSPS) is 30.3. The molecule has 262 valence electrons. The molecule has 8 rings (SSSR count). The average molecular weight is 696 g/mol. The number of aliphatic hydroxyl groups is 1. The van der Waals surface area contributed by atoms with Gasteiger partial charge < -0.3 is 14.7 Å². The fourth-order valence-corrected chi connectivity index (χ4v) is 10.4. The van der Waals surface area contributed by atoms with Gasteiger partial charge in [0.05, 0.1) is 29.5 Å². The summed E-state index contributed by atoms with van der Waals surface area (Å²) in [5.41, 5.74) is 5.43. The number of allylic oxidation sites excluding steroid dienone is 1. The summed E-state index contributed by atoms with van der Waals surface area (Å²) in [6, 6.07) is 12.3. The van der Waals surface area contributed by atoms with Gasteiger partial charge >= 0.3 is 0 Å². The van der Waals surface area contributed by atoms with E-state index in [0.29, 0.717) is 41.4 Å². The minimum absolute atomic E-state index is 0.0958. The lowest BCUT2D eigenvalue weighted by molar-refractivity contribution is 0.0456. The minimum Gasteiger partial charge on any atom is -0.490 e. The van der Waals surface area contributed by atoms with Gasteiger partial charge in [0, 0.05) is 37.3 Å². The first kappa shape index (κ1) is 32.9. The van der Waals surface area contributed by atoms with Crippen LogP contribution in [0.25, 0.3) is 11.0 Å². The molecule has 2 aromatic carbocycles. The zero-order valence-corrected chi connectivity index (χ0v) is 29.7. The molecule has 1 saturated carbocycles. The van der Waals surface area contributed by atoms with E-state index in [0.717, 1.165) is 56.6 Å². The van der Waals surface area contributed by atoms with Gasteiger partial charge in [-0.2, -0.15) is 5.10 Å². The molecule has 4 heterocycles. The van der Waals surface area contributed by atoms with E-state index >= 15 is 0 Å². The maximum atomic E-state index is 14.7. The Morgan fingerprint density at radius 2 is 2.02 bits per heavy atom. The van der Waals surface area contributed by atoms with Crippen LogP contribution >= 0.6 is 0 Å². The molecule has 1 spiro atoms. The topological polar surface area (TPSA) is 135 Å². The summed E-state index contributed by atoms with van der Waals surface area (Å²) in [6.07, 6.45) is 12.2. The second-order valence-electron chi connectivity index (χ2n) is 15.0. The Kier molecular flexibility index (Phi) is 8.42. The molecule has 12 heteroatoms. The Hall–Kier alpha value is -4.29. The smallest absolute Gasteiger partial charge is 0.286 e. The van der Waals surface area contributed by atoms with Crippen LogP contribution in [0.5, 0.6) is 5.75 Å². The summed E-state index contributed by atoms with van der Waals surface area (Å²) in [4.78, 5) is 25.1. The molecule has 2 aliphatic heterocycles. The summed E-state index contributed by atoms with van der Waals surface area (Å²) in [5.74, 6) is 0.897. The molecule has 11 nitrogen and oxygen atoms in total. The lowest BCUT2D eigenvalue weighted by Crippen LogP contribution is -2.49. The van der Waals surface area contributed by atoms with Crippen molar-refractivity contribution >= 4 is 38.4 Å². The van der Waals surface area contributed by atoms with Crippen LogP contribution in [0.15, 0.2) is 65.4 Å². The summed E-state index contributed by atoms with van der Waals surface area (Å²) >= 11 is 0. The van der Waals surface area contributed by atoms with E-state index in [9.17, 15) is 14.1 Å². The van der Waals surface area contributed by atoms with Gasteiger partial charge in [0.15, 0.2) is 11.5 Å². The molecule has 0 radical (unpaired) electrons. The standard InChI is InChI=1S/C38H45N7O4S/c1-24-9-13-31-26(16-24)7-5-15-38(31)21-45-18-28-10-12-29(28)33(46)8-4-6-25(2)20-50(48,42-36-30-19-44(3)41-35(30)39-23-40-36)43-37(47)27-11-14-34(49-22-38)32(45)17-27/h4,8-9,11,13-14,16-17,19,23,25,28-29,33,46H,5-7,10,12,15,18,20-22H2,1-3H3,(H,39,40,41,42,43,47,48)/b8-4+/t25-,28-,29+,33-,38-,50?/m0/s1. The van der Waals surface area contributed by atoms with Crippen molar-refractivity contribution in [2.75, 3.05) is 35.1 Å². The Labute approximate surface area is 293 Å². The van der Waals surface area contributed by atoms with Gasteiger partial charge in [-0.05, 0) is 92.5 Å². The number of amides is 1. The van der Waals surface area contributed by atoms with E-state index in [4.69, 9.17) is 4.74 Å². The van der Waals surface area contributed by atoms with Crippen molar-refractivity contribution in [1.29, 1.82) is 0 Å². The molecular weight excluding hydrogens is 651 g/mol. The van der Waals surface area contributed by atoms with E-state index < -0.39 is 21.9 Å². The van der Waals surface area contributed by atoms with Crippen molar-refractivity contribution in [2.45, 2.75) is 63.9 Å². The Balaban J connectivity index is 1.22. The Bertz CT molecular complexity index is 2120. The molecule has 1 fully saturated rings. The molecule has 50 heavy (non-hydrogen) atoms. The molecule has 2 aliphatic carbocycles. The number of anilines is 2. The van der Waals surface area contributed by atoms with Crippen LogP contribution < -0.4 is 14.4 Å². The van der Waals surface area contributed by atoms with E-state index in [2.05, 4.69) is 54.2 Å². The third-order valence-corrected chi connectivity index (χ3v) is 13.1. The minimum atomic E-state index is -3.37. The van der Waals surface area contributed by atoms with Crippen molar-refractivity contribution < 1.29 is 18.8 Å². The average Bonchev–Trinajstić information content (AvgIpc) is 3.38. The van der Waals surface area contributed by atoms with Crippen LogP contribution in [-0.2, 0) is 28.8 Å². The Morgan fingerprint density at radius 3 is 2.86 bits per heavy atom. The van der Waals surface area contributed by atoms with E-state index in [1.807, 2.05) is 31.2 Å². The molecular formula is C38H45N7O4S. The van der Waals surface area contributed by atoms with Gasteiger partial charge in [0.2, 0.25) is 0 Å². The number of benzene rings is 2. The molecule has 2 N–H and O–H groups in total. The number of hydrogen-bond acceptors (Lipinski definition) is 8. The number of aromatic nitrogens is 4. The predicted molar refractivity (Wildman–Crippen MR) is 195 cm³/mol. The third-order valence-electron chi connectivity index (χ3n) is 11.1. The number of fused-ring (bicyclic) bond motifs is 5. The molecule has 2 bridgehead atoms. The fraction of sp³-hybridized carbons (Fsp3) is 0.474. The van der Waals surface area contributed by atoms with Gasteiger partial charge in [-0.1, -0.05) is 42.8 Å². The van der Waals surface area contributed by atoms with E-state index in [-0.39, 0.29) is 23.0 Å². The van der Waals surface area contributed by atoms with Gasteiger partial charge in [0.1, 0.15) is 22.0 Å². The van der Waals surface area contributed by atoms with Crippen molar-refractivity contribution in [3.8, 4) is 5.75 Å². The summed E-state index contributed by atoms with van der Waals surface area (Å²) in [7, 11) is -1.59. The number of hydrogen-bond donors (Lipinski definition) is 2. The van der Waals surface area contributed by atoms with Gasteiger partial charge in [-0.15, -0.1) is 4.36 Å². The van der Waals surface area contributed by atoms with Crippen LogP contribution in [0.2, 0.25) is 0 Å². The first-order chi connectivity index (χ1) is 24.1. The molecule has 1 unspecified atom stereocenters. The quantitative estimate of drug-likeness (QED) is 0.253. The third kappa shape index (κ3) is 6.17. The SMILES string of the molecule is Cc1ccc2c(c1)CCC[C@]21COc2ccc3cc2N(C[C@@H]2CC[C@H]2[C@@H](O)/C=C/C[C@H](C)CS(=O)(Nc2ncnc4nn(C)cc24)=NC3=O)C1. The maximum Gasteiger partial charge on any atom is 0.286 e. The zero-order chi connectivity index (χ0) is 34.6. The number of carbonyl (C=O) groups is 1. The molecule has 1 amide bonds. The molecule has 4 aromatic rings. The monoisotopic (exact) mass is 695 g/mol. The number of carbonyl (C=O) groups excluding carboxylic acids is 1. The number of rotatable bonds is 2.